The lowest BCUT2D eigenvalue weighted by atomic mass is 9.77. The van der Waals surface area contributed by atoms with E-state index in [2.05, 4.69) is 32.7 Å². The number of likely N-dealkylation sites (tertiary alicyclic amines) is 1. The summed E-state index contributed by atoms with van der Waals surface area (Å²) >= 11 is 0. The zero-order valence-electron chi connectivity index (χ0n) is 13.1. The van der Waals surface area contributed by atoms with Crippen molar-refractivity contribution in [3.63, 3.8) is 0 Å². The number of carbonyl (C=O) groups is 1. The fourth-order valence-corrected chi connectivity index (χ4v) is 3.71. The Bertz CT molecular complexity index is 504. The van der Waals surface area contributed by atoms with Crippen LogP contribution in [0.3, 0.4) is 0 Å². The number of nitrogens with zero attached hydrogens (tertiary/aromatic N) is 2. The van der Waals surface area contributed by atoms with E-state index in [9.17, 15) is 4.79 Å². The van der Waals surface area contributed by atoms with Gasteiger partial charge in [0, 0.05) is 34.6 Å². The Morgan fingerprint density at radius 1 is 1.30 bits per heavy atom. The Kier molecular flexibility index (Phi) is 3.63. The molecule has 1 aliphatic heterocycles. The van der Waals surface area contributed by atoms with Crippen LogP contribution in [0.2, 0.25) is 0 Å². The molecule has 0 aliphatic carbocycles. The van der Waals surface area contributed by atoms with Crippen LogP contribution in [-0.2, 0) is 0 Å². The van der Waals surface area contributed by atoms with Gasteiger partial charge in [0.2, 0.25) is 0 Å². The zero-order valence-corrected chi connectivity index (χ0v) is 13.1. The molecular weight excluding hydrogens is 250 g/mol. The van der Waals surface area contributed by atoms with Crippen LogP contribution in [0, 0.1) is 6.92 Å². The highest BCUT2D eigenvalue weighted by atomic mass is 16.2. The summed E-state index contributed by atoms with van der Waals surface area (Å²) < 4.78 is 0. The highest BCUT2D eigenvalue weighted by Gasteiger charge is 2.47. The van der Waals surface area contributed by atoms with Crippen LogP contribution < -0.4 is 5.73 Å². The number of piperidine rings is 1. The summed E-state index contributed by atoms with van der Waals surface area (Å²) in [6.45, 7) is 10.3. The Morgan fingerprint density at radius 2 is 1.85 bits per heavy atom. The summed E-state index contributed by atoms with van der Waals surface area (Å²) in [5.74, 6) is 0.0670. The lowest BCUT2D eigenvalue weighted by molar-refractivity contribution is -0.0172. The number of pyridine rings is 1. The summed E-state index contributed by atoms with van der Waals surface area (Å²) in [7, 11) is 0. The first-order valence-electron chi connectivity index (χ1n) is 7.16. The molecule has 110 valence electrons. The third-order valence-corrected chi connectivity index (χ3v) is 4.08. The van der Waals surface area contributed by atoms with Crippen molar-refractivity contribution in [2.24, 2.45) is 5.73 Å². The largest absolute Gasteiger partial charge is 0.328 e. The Hall–Kier alpha value is -1.42. The number of hydrogen-bond donors (Lipinski definition) is 1. The van der Waals surface area contributed by atoms with Gasteiger partial charge in [0.25, 0.3) is 5.91 Å². The Labute approximate surface area is 121 Å². The molecule has 1 aliphatic rings. The molecule has 20 heavy (non-hydrogen) atoms. The topological polar surface area (TPSA) is 59.2 Å². The fourth-order valence-electron chi connectivity index (χ4n) is 3.71. The lowest BCUT2D eigenvalue weighted by Crippen LogP contribution is -2.65. The van der Waals surface area contributed by atoms with E-state index in [4.69, 9.17) is 5.73 Å². The predicted octanol–water partition coefficient (Wildman–Crippen LogP) is 2.51. The van der Waals surface area contributed by atoms with E-state index in [1.165, 1.54) is 0 Å². The molecule has 0 saturated carbocycles. The zero-order chi connectivity index (χ0) is 15.1. The molecule has 0 atom stereocenters. The van der Waals surface area contributed by atoms with Crippen LogP contribution in [0.5, 0.6) is 0 Å². The molecule has 4 heteroatoms. The van der Waals surface area contributed by atoms with Gasteiger partial charge in [-0.15, -0.1) is 0 Å². The van der Waals surface area contributed by atoms with Crippen molar-refractivity contribution in [1.29, 1.82) is 0 Å². The first-order chi connectivity index (χ1) is 9.13. The smallest absolute Gasteiger partial charge is 0.254 e. The minimum Gasteiger partial charge on any atom is -0.328 e. The van der Waals surface area contributed by atoms with E-state index in [-0.39, 0.29) is 23.0 Å². The number of aromatic nitrogens is 1. The van der Waals surface area contributed by atoms with Gasteiger partial charge in [-0.1, -0.05) is 0 Å². The summed E-state index contributed by atoms with van der Waals surface area (Å²) in [4.78, 5) is 19.1. The van der Waals surface area contributed by atoms with Crippen LogP contribution in [0.4, 0.5) is 0 Å². The van der Waals surface area contributed by atoms with E-state index in [1.807, 2.05) is 17.9 Å². The average molecular weight is 275 g/mol. The molecule has 1 amide bonds. The average Bonchev–Trinajstić information content (AvgIpc) is 2.24. The van der Waals surface area contributed by atoms with E-state index in [1.54, 1.807) is 12.3 Å². The minimum absolute atomic E-state index is 0.0670. The molecule has 4 nitrogen and oxygen atoms in total. The van der Waals surface area contributed by atoms with Gasteiger partial charge in [-0.2, -0.15) is 0 Å². The molecule has 2 rings (SSSR count). The van der Waals surface area contributed by atoms with Crippen LogP contribution in [0.1, 0.15) is 56.6 Å². The molecule has 1 aromatic heterocycles. The van der Waals surface area contributed by atoms with Gasteiger partial charge in [-0.05, 0) is 59.6 Å². The molecule has 0 radical (unpaired) electrons. The number of aryl methyl sites for hydroxylation is 1. The summed E-state index contributed by atoms with van der Waals surface area (Å²) in [6, 6.07) is 3.78. The molecule has 2 heterocycles. The number of amides is 1. The summed E-state index contributed by atoms with van der Waals surface area (Å²) in [5.41, 5.74) is 7.25. The van der Waals surface area contributed by atoms with Crippen molar-refractivity contribution in [3.8, 4) is 0 Å². The second-order valence-electron chi connectivity index (χ2n) is 7.12. The quantitative estimate of drug-likeness (QED) is 0.856. The summed E-state index contributed by atoms with van der Waals surface area (Å²) in [5, 5.41) is 0. The lowest BCUT2D eigenvalue weighted by Gasteiger charge is -2.54. The second kappa shape index (κ2) is 4.85. The maximum absolute atomic E-state index is 12.9. The van der Waals surface area contributed by atoms with Gasteiger partial charge < -0.3 is 10.6 Å². The van der Waals surface area contributed by atoms with Crippen molar-refractivity contribution in [1.82, 2.24) is 9.88 Å². The maximum atomic E-state index is 12.9. The third-order valence-electron chi connectivity index (χ3n) is 4.08. The van der Waals surface area contributed by atoms with Crippen LogP contribution in [0.25, 0.3) is 0 Å². The molecule has 2 N–H and O–H groups in total. The van der Waals surface area contributed by atoms with Crippen LogP contribution in [-0.4, -0.2) is 32.9 Å². The number of nitrogens with two attached hydrogens (primary N) is 1. The number of carbonyl (C=O) groups excluding carboxylic acids is 1. The van der Waals surface area contributed by atoms with E-state index < -0.39 is 0 Å². The van der Waals surface area contributed by atoms with Crippen molar-refractivity contribution >= 4 is 5.91 Å². The number of rotatable bonds is 1. The molecule has 0 aromatic carbocycles. The monoisotopic (exact) mass is 275 g/mol. The van der Waals surface area contributed by atoms with Gasteiger partial charge >= 0.3 is 0 Å². The SMILES string of the molecule is Cc1cc(C(=O)N2C(C)(C)CC(N)CC2(C)C)ccn1. The van der Waals surface area contributed by atoms with Gasteiger partial charge in [0.05, 0.1) is 0 Å². The third kappa shape index (κ3) is 2.70. The maximum Gasteiger partial charge on any atom is 0.254 e. The van der Waals surface area contributed by atoms with Crippen molar-refractivity contribution < 1.29 is 4.79 Å². The van der Waals surface area contributed by atoms with Crippen LogP contribution in [0.15, 0.2) is 18.3 Å². The molecule has 0 spiro atoms. The standard InChI is InChI=1S/C16H25N3O/c1-11-8-12(6-7-18-11)14(20)19-15(2,3)9-13(17)10-16(19,4)5/h6-8,13H,9-10,17H2,1-5H3. The van der Waals surface area contributed by atoms with Crippen molar-refractivity contribution in [2.75, 3.05) is 0 Å². The highest BCUT2D eigenvalue weighted by Crippen LogP contribution is 2.38. The Morgan fingerprint density at radius 3 is 2.35 bits per heavy atom. The van der Waals surface area contributed by atoms with Crippen molar-refractivity contribution in [3.05, 3.63) is 29.6 Å². The number of hydrogen-bond acceptors (Lipinski definition) is 3. The van der Waals surface area contributed by atoms with Gasteiger partial charge in [-0.25, -0.2) is 0 Å². The second-order valence-corrected chi connectivity index (χ2v) is 7.12. The van der Waals surface area contributed by atoms with Crippen molar-refractivity contribution in [2.45, 2.75) is 64.6 Å². The first kappa shape index (κ1) is 15.0. The fraction of sp³-hybridized carbons (Fsp3) is 0.625. The first-order valence-corrected chi connectivity index (χ1v) is 7.16. The predicted molar refractivity (Wildman–Crippen MR) is 80.5 cm³/mol. The van der Waals surface area contributed by atoms with Crippen LogP contribution >= 0.6 is 0 Å². The van der Waals surface area contributed by atoms with E-state index in [0.717, 1.165) is 18.5 Å². The molecule has 0 bridgehead atoms. The van der Waals surface area contributed by atoms with E-state index in [0.29, 0.717) is 5.56 Å². The van der Waals surface area contributed by atoms with Gasteiger partial charge in [-0.3, -0.25) is 9.78 Å². The summed E-state index contributed by atoms with van der Waals surface area (Å²) in [6.07, 6.45) is 3.34. The van der Waals surface area contributed by atoms with Gasteiger partial charge in [0.15, 0.2) is 0 Å². The van der Waals surface area contributed by atoms with Gasteiger partial charge in [0.1, 0.15) is 0 Å². The molecule has 1 fully saturated rings. The Balaban J connectivity index is 2.40. The highest BCUT2D eigenvalue weighted by molar-refractivity contribution is 5.95. The molecular formula is C16H25N3O. The molecule has 0 unspecified atom stereocenters. The minimum atomic E-state index is -0.241. The van der Waals surface area contributed by atoms with E-state index >= 15 is 0 Å². The molecule has 1 saturated heterocycles. The normalized spacial score (nSPS) is 21.8. The molecule has 1 aromatic rings.